The van der Waals surface area contributed by atoms with Crippen molar-refractivity contribution in [2.75, 3.05) is 32.1 Å². The smallest absolute Gasteiger partial charge is 0.265 e. The first-order valence-corrected chi connectivity index (χ1v) is 11.5. The van der Waals surface area contributed by atoms with Crippen LogP contribution in [0.1, 0.15) is 33.6 Å². The van der Waals surface area contributed by atoms with Crippen molar-refractivity contribution >= 4 is 44.6 Å². The molecule has 0 saturated carbocycles. The van der Waals surface area contributed by atoms with Crippen LogP contribution in [0.15, 0.2) is 42.5 Å². The minimum atomic E-state index is -0.0222. The Labute approximate surface area is 187 Å². The number of anilines is 1. The van der Waals surface area contributed by atoms with Gasteiger partial charge in [-0.15, -0.1) is 11.3 Å². The summed E-state index contributed by atoms with van der Waals surface area (Å²) < 4.78 is 6.88. The maximum Gasteiger partial charge on any atom is 0.265 e. The molecule has 0 spiro atoms. The molecule has 1 atom stereocenters. The van der Waals surface area contributed by atoms with Gasteiger partial charge in [-0.3, -0.25) is 4.79 Å². The molecule has 4 nitrogen and oxygen atoms in total. The summed E-state index contributed by atoms with van der Waals surface area (Å²) in [6.07, 6.45) is 2.13. The molecule has 1 aliphatic heterocycles. The van der Waals surface area contributed by atoms with Crippen molar-refractivity contribution in [2.45, 2.75) is 32.4 Å². The van der Waals surface area contributed by atoms with E-state index in [-0.39, 0.29) is 12.0 Å². The summed E-state index contributed by atoms with van der Waals surface area (Å²) in [5, 5.41) is 1.50. The van der Waals surface area contributed by atoms with Crippen LogP contribution < -0.4 is 4.90 Å². The van der Waals surface area contributed by atoms with Gasteiger partial charge < -0.3 is 14.5 Å². The van der Waals surface area contributed by atoms with Gasteiger partial charge in [-0.25, -0.2) is 0 Å². The summed E-state index contributed by atoms with van der Waals surface area (Å²) in [5.74, 6) is -0.0222. The monoisotopic (exact) mass is 442 g/mol. The molecule has 1 aliphatic rings. The molecule has 0 aliphatic carbocycles. The number of thiophene rings is 1. The minimum Gasteiger partial charge on any atom is -0.378 e. The van der Waals surface area contributed by atoms with Crippen LogP contribution in [0.25, 0.3) is 10.1 Å². The first kappa shape index (κ1) is 21.2. The van der Waals surface area contributed by atoms with Crippen LogP contribution >= 0.6 is 22.9 Å². The summed E-state index contributed by atoms with van der Waals surface area (Å²) in [7, 11) is 4.04. The predicted molar refractivity (Wildman–Crippen MR) is 126 cm³/mol. The second-order valence-electron chi connectivity index (χ2n) is 8.13. The average Bonchev–Trinajstić information content (AvgIpc) is 3.35. The van der Waals surface area contributed by atoms with E-state index in [0.717, 1.165) is 46.3 Å². The van der Waals surface area contributed by atoms with Gasteiger partial charge in [0.05, 0.1) is 11.1 Å². The van der Waals surface area contributed by atoms with Gasteiger partial charge >= 0.3 is 0 Å². The highest BCUT2D eigenvalue weighted by atomic mass is 35.5. The lowest BCUT2D eigenvalue weighted by molar-refractivity contribution is 0.0511. The van der Waals surface area contributed by atoms with Crippen molar-refractivity contribution < 1.29 is 9.53 Å². The van der Waals surface area contributed by atoms with E-state index in [4.69, 9.17) is 16.3 Å². The van der Waals surface area contributed by atoms with Crippen LogP contribution in [-0.4, -0.2) is 44.2 Å². The number of amides is 1. The first-order chi connectivity index (χ1) is 14.4. The zero-order valence-corrected chi connectivity index (χ0v) is 19.2. The zero-order chi connectivity index (χ0) is 21.3. The number of ether oxygens (including phenoxy) is 1. The highest BCUT2D eigenvalue weighted by Gasteiger charge is 2.27. The van der Waals surface area contributed by atoms with Crippen LogP contribution in [0.3, 0.4) is 0 Å². The van der Waals surface area contributed by atoms with Crippen LogP contribution in [-0.2, 0) is 11.3 Å². The minimum absolute atomic E-state index is 0.0222. The maximum absolute atomic E-state index is 13.6. The number of benzene rings is 2. The van der Waals surface area contributed by atoms with Gasteiger partial charge in [-0.2, -0.15) is 0 Å². The quantitative estimate of drug-likeness (QED) is 0.487. The Balaban J connectivity index is 1.63. The van der Waals surface area contributed by atoms with E-state index in [2.05, 4.69) is 42.2 Å². The molecule has 0 N–H and O–H groups in total. The van der Waals surface area contributed by atoms with Crippen molar-refractivity contribution in [1.82, 2.24) is 4.90 Å². The number of aryl methyl sites for hydroxylation is 1. The molecule has 3 aromatic rings. The molecule has 1 aromatic heterocycles. The van der Waals surface area contributed by atoms with Gasteiger partial charge in [0.1, 0.15) is 4.88 Å². The maximum atomic E-state index is 13.6. The summed E-state index contributed by atoms with van der Waals surface area (Å²) in [6.45, 7) is 3.94. The predicted octanol–water partition coefficient (Wildman–Crippen LogP) is 5.75. The standard InChI is InChI=1S/C24H27ClN2O2S/c1-16-6-11-20-21(13-16)30-23(22(20)25)24(28)27(15-19-5-4-12-29-19)14-17-7-9-18(10-8-17)26(2)3/h6-11,13,19H,4-5,12,14-15H2,1-3H3. The van der Waals surface area contributed by atoms with E-state index < -0.39 is 0 Å². The molecular formula is C24H27ClN2O2S. The van der Waals surface area contributed by atoms with E-state index in [0.29, 0.717) is 23.0 Å². The van der Waals surface area contributed by atoms with Crippen molar-refractivity contribution in [3.8, 4) is 0 Å². The van der Waals surface area contributed by atoms with Gasteiger partial charge in [-0.1, -0.05) is 35.9 Å². The largest absolute Gasteiger partial charge is 0.378 e. The Bertz CT molecular complexity index is 1040. The molecule has 2 aromatic carbocycles. The lowest BCUT2D eigenvalue weighted by atomic mass is 10.1. The third-order valence-electron chi connectivity index (χ3n) is 5.54. The van der Waals surface area contributed by atoms with E-state index >= 15 is 0 Å². The van der Waals surface area contributed by atoms with E-state index in [1.807, 2.05) is 31.1 Å². The highest BCUT2D eigenvalue weighted by molar-refractivity contribution is 7.21. The lowest BCUT2D eigenvalue weighted by Crippen LogP contribution is -2.36. The third kappa shape index (κ3) is 4.48. The number of hydrogen-bond acceptors (Lipinski definition) is 4. The third-order valence-corrected chi connectivity index (χ3v) is 7.19. The van der Waals surface area contributed by atoms with Crippen molar-refractivity contribution in [3.05, 3.63) is 63.5 Å². The number of rotatable bonds is 6. The van der Waals surface area contributed by atoms with Gasteiger partial charge in [0.25, 0.3) is 5.91 Å². The molecule has 1 unspecified atom stereocenters. The van der Waals surface area contributed by atoms with Crippen LogP contribution in [0.5, 0.6) is 0 Å². The Kier molecular flexibility index (Phi) is 6.32. The molecule has 6 heteroatoms. The highest BCUT2D eigenvalue weighted by Crippen LogP contribution is 2.37. The fraction of sp³-hybridized carbons (Fsp3) is 0.375. The fourth-order valence-corrected chi connectivity index (χ4v) is 5.40. The van der Waals surface area contributed by atoms with Crippen LogP contribution in [0.2, 0.25) is 5.02 Å². The molecule has 1 fully saturated rings. The summed E-state index contributed by atoms with van der Waals surface area (Å²) in [5.41, 5.74) is 3.40. The van der Waals surface area contributed by atoms with Gasteiger partial charge in [0.2, 0.25) is 0 Å². The number of fused-ring (bicyclic) bond motifs is 1. The van der Waals surface area contributed by atoms with Gasteiger partial charge in [0, 0.05) is 49.6 Å². The van der Waals surface area contributed by atoms with Crippen molar-refractivity contribution in [2.24, 2.45) is 0 Å². The Morgan fingerprint density at radius 2 is 1.97 bits per heavy atom. The topological polar surface area (TPSA) is 32.8 Å². The number of halogens is 1. The molecule has 1 saturated heterocycles. The Hall–Kier alpha value is -2.08. The molecule has 4 rings (SSSR count). The molecule has 30 heavy (non-hydrogen) atoms. The second-order valence-corrected chi connectivity index (χ2v) is 9.56. The van der Waals surface area contributed by atoms with Gasteiger partial charge in [-0.05, 0) is 49.1 Å². The molecule has 0 radical (unpaired) electrons. The molecule has 158 valence electrons. The Morgan fingerprint density at radius 3 is 2.63 bits per heavy atom. The average molecular weight is 443 g/mol. The first-order valence-electron chi connectivity index (χ1n) is 10.3. The summed E-state index contributed by atoms with van der Waals surface area (Å²) >= 11 is 8.13. The number of hydrogen-bond donors (Lipinski definition) is 0. The van der Waals surface area contributed by atoms with Crippen molar-refractivity contribution in [1.29, 1.82) is 0 Å². The summed E-state index contributed by atoms with van der Waals surface area (Å²) in [6, 6.07) is 14.5. The van der Waals surface area contributed by atoms with Crippen LogP contribution in [0, 0.1) is 6.92 Å². The molecular weight excluding hydrogens is 416 g/mol. The SMILES string of the molecule is Cc1ccc2c(Cl)c(C(=O)N(Cc3ccc(N(C)C)cc3)CC3CCCO3)sc2c1. The molecule has 0 bridgehead atoms. The van der Waals surface area contributed by atoms with Crippen molar-refractivity contribution in [3.63, 3.8) is 0 Å². The zero-order valence-electron chi connectivity index (χ0n) is 17.7. The fourth-order valence-electron chi connectivity index (χ4n) is 3.83. The normalized spacial score (nSPS) is 16.2. The van der Waals surface area contributed by atoms with Gasteiger partial charge in [0.15, 0.2) is 0 Å². The number of carbonyl (C=O) groups excluding carboxylic acids is 1. The van der Waals surface area contributed by atoms with E-state index in [1.165, 1.54) is 11.3 Å². The molecule has 2 heterocycles. The second kappa shape index (κ2) is 8.96. The van der Waals surface area contributed by atoms with E-state index in [1.54, 1.807) is 0 Å². The lowest BCUT2D eigenvalue weighted by Gasteiger charge is -2.25. The number of nitrogens with zero attached hydrogens (tertiary/aromatic N) is 2. The van der Waals surface area contributed by atoms with Crippen LogP contribution in [0.4, 0.5) is 5.69 Å². The van der Waals surface area contributed by atoms with E-state index in [9.17, 15) is 4.79 Å². The summed E-state index contributed by atoms with van der Waals surface area (Å²) in [4.78, 5) is 18.1. The Morgan fingerprint density at radius 1 is 1.20 bits per heavy atom. The molecule has 1 amide bonds. The number of carbonyl (C=O) groups is 1.